The number of hydrogen-bond donors (Lipinski definition) is 1. The van der Waals surface area contributed by atoms with Crippen molar-refractivity contribution in [2.24, 2.45) is 7.05 Å². The number of rotatable bonds is 4. The van der Waals surface area contributed by atoms with E-state index in [1.165, 1.54) is 12.1 Å². The predicted octanol–water partition coefficient (Wildman–Crippen LogP) is 4.79. The van der Waals surface area contributed by atoms with E-state index in [1.807, 2.05) is 6.07 Å². The second kappa shape index (κ2) is 7.51. The maximum Gasteiger partial charge on any atom is 0.573 e. The minimum Gasteiger partial charge on any atom is -0.406 e. The van der Waals surface area contributed by atoms with Gasteiger partial charge in [-0.15, -0.1) is 13.2 Å². The molecule has 0 unspecified atom stereocenters. The van der Waals surface area contributed by atoms with Crippen LogP contribution in [0, 0.1) is 0 Å². The summed E-state index contributed by atoms with van der Waals surface area (Å²) >= 11 is 0. The molecular formula is C21H15F3N4O2. The number of alkyl halides is 3. The summed E-state index contributed by atoms with van der Waals surface area (Å²) in [5, 5.41) is 7.49. The first-order chi connectivity index (χ1) is 14.3. The van der Waals surface area contributed by atoms with Crippen molar-refractivity contribution in [3.05, 3.63) is 72.6 Å². The summed E-state index contributed by atoms with van der Waals surface area (Å²) in [6.45, 7) is 0. The second-order valence-corrected chi connectivity index (χ2v) is 6.50. The number of para-hydroxylation sites is 1. The number of amides is 1. The lowest BCUT2D eigenvalue weighted by Gasteiger charge is -2.11. The van der Waals surface area contributed by atoms with E-state index in [0.29, 0.717) is 27.8 Å². The van der Waals surface area contributed by atoms with Crippen molar-refractivity contribution in [2.75, 3.05) is 5.32 Å². The van der Waals surface area contributed by atoms with Crippen LogP contribution in [0.2, 0.25) is 0 Å². The minimum atomic E-state index is -4.77. The Morgan fingerprint density at radius 1 is 1.10 bits per heavy atom. The highest BCUT2D eigenvalue weighted by Crippen LogP contribution is 2.27. The maximum absolute atomic E-state index is 13.0. The van der Waals surface area contributed by atoms with Gasteiger partial charge in [0.05, 0.1) is 23.0 Å². The van der Waals surface area contributed by atoms with Gasteiger partial charge in [0.25, 0.3) is 5.91 Å². The standard InChI is InChI=1S/C21H15F3N4O2/c1-28-12-13(11-25-28)19-10-17(16-4-2-3-5-18(16)27-19)20(29)26-14-6-8-15(9-7-14)30-21(22,23)24/h2-12H,1H3,(H,26,29). The van der Waals surface area contributed by atoms with E-state index < -0.39 is 12.3 Å². The van der Waals surface area contributed by atoms with Gasteiger partial charge in [-0.25, -0.2) is 4.98 Å². The Kier molecular flexibility index (Phi) is 4.86. The zero-order valence-corrected chi connectivity index (χ0v) is 15.6. The maximum atomic E-state index is 13.0. The van der Waals surface area contributed by atoms with Gasteiger partial charge in [0.15, 0.2) is 0 Å². The van der Waals surface area contributed by atoms with E-state index >= 15 is 0 Å². The molecule has 0 aliphatic carbocycles. The monoisotopic (exact) mass is 412 g/mol. The lowest BCUT2D eigenvalue weighted by molar-refractivity contribution is -0.274. The van der Waals surface area contributed by atoms with Gasteiger partial charge < -0.3 is 10.1 Å². The van der Waals surface area contributed by atoms with Crippen LogP contribution < -0.4 is 10.1 Å². The number of nitrogens with zero attached hydrogens (tertiary/aromatic N) is 3. The molecule has 2 aromatic heterocycles. The number of hydrogen-bond acceptors (Lipinski definition) is 4. The summed E-state index contributed by atoms with van der Waals surface area (Å²) < 4.78 is 42.4. The average molecular weight is 412 g/mol. The van der Waals surface area contributed by atoms with Crippen LogP contribution in [0.25, 0.3) is 22.2 Å². The second-order valence-electron chi connectivity index (χ2n) is 6.50. The zero-order valence-electron chi connectivity index (χ0n) is 15.6. The molecule has 0 bridgehead atoms. The molecule has 0 fully saturated rings. The molecule has 0 saturated heterocycles. The molecule has 0 atom stereocenters. The molecule has 0 aliphatic heterocycles. The van der Waals surface area contributed by atoms with Gasteiger partial charge in [-0.05, 0) is 36.4 Å². The molecule has 0 aliphatic rings. The molecule has 6 nitrogen and oxygen atoms in total. The Hall–Kier alpha value is -3.88. The normalized spacial score (nSPS) is 11.5. The largest absolute Gasteiger partial charge is 0.573 e. The van der Waals surface area contributed by atoms with Crippen LogP contribution in [0.1, 0.15) is 10.4 Å². The molecule has 2 heterocycles. The Morgan fingerprint density at radius 3 is 2.50 bits per heavy atom. The molecule has 4 rings (SSSR count). The number of anilines is 1. The molecule has 152 valence electrons. The fourth-order valence-corrected chi connectivity index (χ4v) is 3.00. The molecule has 30 heavy (non-hydrogen) atoms. The summed E-state index contributed by atoms with van der Waals surface area (Å²) in [7, 11) is 1.78. The number of ether oxygens (including phenoxy) is 1. The van der Waals surface area contributed by atoms with E-state index in [-0.39, 0.29) is 5.75 Å². The first-order valence-electron chi connectivity index (χ1n) is 8.84. The molecule has 4 aromatic rings. The van der Waals surface area contributed by atoms with Crippen molar-refractivity contribution in [2.45, 2.75) is 6.36 Å². The van der Waals surface area contributed by atoms with E-state index in [0.717, 1.165) is 17.7 Å². The van der Waals surface area contributed by atoms with Crippen molar-refractivity contribution < 1.29 is 22.7 Å². The van der Waals surface area contributed by atoms with Crippen molar-refractivity contribution >= 4 is 22.5 Å². The molecular weight excluding hydrogens is 397 g/mol. The Morgan fingerprint density at radius 2 is 1.83 bits per heavy atom. The third-order valence-corrected chi connectivity index (χ3v) is 4.31. The van der Waals surface area contributed by atoms with Crippen LogP contribution in [0.3, 0.4) is 0 Å². The van der Waals surface area contributed by atoms with Crippen LogP contribution >= 0.6 is 0 Å². The van der Waals surface area contributed by atoms with E-state index in [2.05, 4.69) is 20.1 Å². The summed E-state index contributed by atoms with van der Waals surface area (Å²) in [6, 6.07) is 13.8. The highest BCUT2D eigenvalue weighted by molar-refractivity contribution is 6.13. The fourth-order valence-electron chi connectivity index (χ4n) is 3.00. The summed E-state index contributed by atoms with van der Waals surface area (Å²) in [5.74, 6) is -0.781. The van der Waals surface area contributed by atoms with Crippen LogP contribution in [-0.2, 0) is 7.05 Å². The molecule has 1 amide bonds. The van der Waals surface area contributed by atoms with E-state index in [1.54, 1.807) is 48.4 Å². The number of halogens is 3. The summed E-state index contributed by atoms with van der Waals surface area (Å²) in [5.41, 5.74) is 2.69. The first-order valence-corrected chi connectivity index (χ1v) is 8.84. The van der Waals surface area contributed by atoms with Gasteiger partial charge in [-0.1, -0.05) is 18.2 Å². The van der Waals surface area contributed by atoms with Crippen LogP contribution in [-0.4, -0.2) is 27.0 Å². The average Bonchev–Trinajstić information content (AvgIpc) is 3.14. The topological polar surface area (TPSA) is 69.0 Å². The van der Waals surface area contributed by atoms with Gasteiger partial charge in [-0.3, -0.25) is 9.48 Å². The van der Waals surface area contributed by atoms with E-state index in [4.69, 9.17) is 0 Å². The molecule has 0 spiro atoms. The zero-order chi connectivity index (χ0) is 21.3. The molecule has 2 aromatic carbocycles. The Labute approximate surface area is 168 Å². The highest BCUT2D eigenvalue weighted by Gasteiger charge is 2.31. The number of fused-ring (bicyclic) bond motifs is 1. The molecule has 0 saturated carbocycles. The minimum absolute atomic E-state index is 0.332. The van der Waals surface area contributed by atoms with Crippen LogP contribution in [0.15, 0.2) is 67.0 Å². The lowest BCUT2D eigenvalue weighted by atomic mass is 10.0. The number of benzene rings is 2. The van der Waals surface area contributed by atoms with Gasteiger partial charge >= 0.3 is 6.36 Å². The number of carbonyl (C=O) groups is 1. The summed E-state index contributed by atoms with van der Waals surface area (Å²) in [4.78, 5) is 17.6. The third-order valence-electron chi connectivity index (χ3n) is 4.31. The number of aromatic nitrogens is 3. The number of carbonyl (C=O) groups excluding carboxylic acids is 1. The Bertz CT molecular complexity index is 1220. The molecule has 1 N–H and O–H groups in total. The Balaban J connectivity index is 1.65. The SMILES string of the molecule is Cn1cc(-c2cc(C(=O)Nc3ccc(OC(F)(F)F)cc3)c3ccccc3n2)cn1. The van der Waals surface area contributed by atoms with Crippen LogP contribution in [0.4, 0.5) is 18.9 Å². The number of nitrogens with one attached hydrogen (secondary N) is 1. The molecule has 9 heteroatoms. The van der Waals surface area contributed by atoms with E-state index in [9.17, 15) is 18.0 Å². The van der Waals surface area contributed by atoms with Crippen molar-refractivity contribution in [3.8, 4) is 17.0 Å². The van der Waals surface area contributed by atoms with Crippen molar-refractivity contribution in [1.29, 1.82) is 0 Å². The first kappa shape index (κ1) is 19.4. The van der Waals surface area contributed by atoms with Gasteiger partial charge in [0.2, 0.25) is 0 Å². The van der Waals surface area contributed by atoms with Gasteiger partial charge in [0.1, 0.15) is 5.75 Å². The highest BCUT2D eigenvalue weighted by atomic mass is 19.4. The predicted molar refractivity (Wildman–Crippen MR) is 105 cm³/mol. The third kappa shape index (κ3) is 4.24. The van der Waals surface area contributed by atoms with Crippen molar-refractivity contribution in [3.63, 3.8) is 0 Å². The van der Waals surface area contributed by atoms with Gasteiger partial charge in [-0.2, -0.15) is 5.10 Å². The summed E-state index contributed by atoms with van der Waals surface area (Å²) in [6.07, 6.45) is -1.33. The molecule has 0 radical (unpaired) electrons. The van der Waals surface area contributed by atoms with Gasteiger partial charge in [0, 0.05) is 29.9 Å². The lowest BCUT2D eigenvalue weighted by Crippen LogP contribution is -2.17. The number of aryl methyl sites for hydroxylation is 1. The quantitative estimate of drug-likeness (QED) is 0.524. The van der Waals surface area contributed by atoms with Crippen LogP contribution in [0.5, 0.6) is 5.75 Å². The van der Waals surface area contributed by atoms with Crippen molar-refractivity contribution in [1.82, 2.24) is 14.8 Å². The number of pyridine rings is 1. The smallest absolute Gasteiger partial charge is 0.406 e. The fraction of sp³-hybridized carbons (Fsp3) is 0.0952.